The Morgan fingerprint density at radius 2 is 1.80 bits per heavy atom. The number of hydrogen-bond acceptors (Lipinski definition) is 3. The summed E-state index contributed by atoms with van der Waals surface area (Å²) in [5, 5.41) is 15.0. The fourth-order valence-corrected chi connectivity index (χ4v) is 2.15. The van der Waals surface area contributed by atoms with Crippen LogP contribution in [-0.2, 0) is 13.1 Å². The summed E-state index contributed by atoms with van der Waals surface area (Å²) >= 11 is 11.8. The Balaban J connectivity index is 1.99. The molecule has 0 saturated heterocycles. The molecule has 0 spiro atoms. The quantitative estimate of drug-likeness (QED) is 0.665. The highest BCUT2D eigenvalue weighted by Gasteiger charge is 2.11. The smallest absolute Gasteiger partial charge is 0.273 e. The van der Waals surface area contributed by atoms with Crippen LogP contribution in [0.5, 0.6) is 0 Å². The monoisotopic (exact) mass is 310 g/mol. The zero-order chi connectivity index (χ0) is 14.5. The molecule has 0 unspecified atom stereocenters. The Hall–Kier alpha value is -1.62. The average Bonchev–Trinajstić information content (AvgIpc) is 2.43. The van der Waals surface area contributed by atoms with E-state index in [9.17, 15) is 10.1 Å². The normalized spacial score (nSPS) is 10.5. The first kappa shape index (κ1) is 14.8. The number of para-hydroxylation sites is 1. The second-order valence-corrected chi connectivity index (χ2v) is 5.05. The van der Waals surface area contributed by atoms with E-state index < -0.39 is 0 Å². The van der Waals surface area contributed by atoms with Crippen LogP contribution in [0, 0.1) is 10.1 Å². The van der Waals surface area contributed by atoms with E-state index in [2.05, 4.69) is 5.32 Å². The number of hydrogen-bond donors (Lipinski definition) is 1. The summed E-state index contributed by atoms with van der Waals surface area (Å²) in [5.41, 5.74) is 1.74. The first-order valence-corrected chi connectivity index (χ1v) is 6.70. The standard InChI is InChI=1S/C14H12Cl2N2O2/c15-12-6-5-10(7-13(12)16)8-17-9-11-3-1-2-4-14(11)18(19)20/h1-7,17H,8-9H2. The molecule has 0 aromatic heterocycles. The minimum atomic E-state index is -0.379. The van der Waals surface area contributed by atoms with E-state index >= 15 is 0 Å². The number of nitro groups is 1. The van der Waals surface area contributed by atoms with Gasteiger partial charge in [0.25, 0.3) is 5.69 Å². The van der Waals surface area contributed by atoms with Gasteiger partial charge in [-0.05, 0) is 17.7 Å². The van der Waals surface area contributed by atoms with Crippen LogP contribution >= 0.6 is 23.2 Å². The Morgan fingerprint density at radius 3 is 2.50 bits per heavy atom. The molecule has 0 aliphatic rings. The molecule has 104 valence electrons. The molecular formula is C14H12Cl2N2O2. The van der Waals surface area contributed by atoms with Crippen molar-refractivity contribution in [2.45, 2.75) is 13.1 Å². The van der Waals surface area contributed by atoms with E-state index in [4.69, 9.17) is 23.2 Å². The second-order valence-electron chi connectivity index (χ2n) is 4.24. The van der Waals surface area contributed by atoms with E-state index in [1.54, 1.807) is 30.3 Å². The number of rotatable bonds is 5. The fraction of sp³-hybridized carbons (Fsp3) is 0.143. The number of nitrogens with zero attached hydrogens (tertiary/aromatic N) is 1. The Labute approximate surface area is 126 Å². The average molecular weight is 311 g/mol. The van der Waals surface area contributed by atoms with Crippen molar-refractivity contribution in [3.63, 3.8) is 0 Å². The summed E-state index contributed by atoms with van der Waals surface area (Å²) in [6.45, 7) is 0.973. The summed E-state index contributed by atoms with van der Waals surface area (Å²) in [4.78, 5) is 10.5. The van der Waals surface area contributed by atoms with Gasteiger partial charge in [-0.3, -0.25) is 10.1 Å². The van der Waals surface area contributed by atoms with E-state index in [-0.39, 0.29) is 10.6 Å². The molecule has 0 amide bonds. The predicted octanol–water partition coefficient (Wildman–Crippen LogP) is 4.19. The number of nitrogens with one attached hydrogen (secondary N) is 1. The maximum absolute atomic E-state index is 10.9. The third-order valence-corrected chi connectivity index (χ3v) is 3.56. The van der Waals surface area contributed by atoms with Gasteiger partial charge in [0.05, 0.1) is 15.0 Å². The third-order valence-electron chi connectivity index (χ3n) is 2.82. The van der Waals surface area contributed by atoms with Crippen molar-refractivity contribution in [1.82, 2.24) is 5.32 Å². The van der Waals surface area contributed by atoms with Gasteiger partial charge >= 0.3 is 0 Å². The highest BCUT2D eigenvalue weighted by Crippen LogP contribution is 2.22. The van der Waals surface area contributed by atoms with Crippen molar-refractivity contribution >= 4 is 28.9 Å². The molecule has 2 aromatic rings. The fourth-order valence-electron chi connectivity index (χ4n) is 1.83. The summed E-state index contributed by atoms with van der Waals surface area (Å²) in [7, 11) is 0. The maximum atomic E-state index is 10.9. The molecule has 20 heavy (non-hydrogen) atoms. The van der Waals surface area contributed by atoms with Crippen molar-refractivity contribution in [2.24, 2.45) is 0 Å². The van der Waals surface area contributed by atoms with Crippen LogP contribution in [0.1, 0.15) is 11.1 Å². The molecule has 0 atom stereocenters. The van der Waals surface area contributed by atoms with Crippen molar-refractivity contribution in [1.29, 1.82) is 0 Å². The topological polar surface area (TPSA) is 55.2 Å². The lowest BCUT2D eigenvalue weighted by Gasteiger charge is -2.06. The van der Waals surface area contributed by atoms with Gasteiger partial charge in [-0.25, -0.2) is 0 Å². The second kappa shape index (κ2) is 6.70. The Bertz CT molecular complexity index is 632. The van der Waals surface area contributed by atoms with Crippen LogP contribution in [0.25, 0.3) is 0 Å². The van der Waals surface area contributed by atoms with Crippen LogP contribution in [0.15, 0.2) is 42.5 Å². The Morgan fingerprint density at radius 1 is 1.05 bits per heavy atom. The number of halogens is 2. The predicted molar refractivity (Wildman–Crippen MR) is 80.1 cm³/mol. The maximum Gasteiger partial charge on any atom is 0.273 e. The van der Waals surface area contributed by atoms with Crippen molar-refractivity contribution < 1.29 is 4.92 Å². The van der Waals surface area contributed by atoms with Crippen molar-refractivity contribution in [3.8, 4) is 0 Å². The highest BCUT2D eigenvalue weighted by molar-refractivity contribution is 6.42. The molecule has 0 heterocycles. The molecule has 0 aliphatic heterocycles. The molecule has 0 bridgehead atoms. The van der Waals surface area contributed by atoms with Gasteiger partial charge in [0.2, 0.25) is 0 Å². The summed E-state index contributed by atoms with van der Waals surface area (Å²) in [6.07, 6.45) is 0. The lowest BCUT2D eigenvalue weighted by molar-refractivity contribution is -0.385. The van der Waals surface area contributed by atoms with Gasteiger partial charge in [-0.15, -0.1) is 0 Å². The molecule has 4 nitrogen and oxygen atoms in total. The van der Waals surface area contributed by atoms with Crippen LogP contribution in [-0.4, -0.2) is 4.92 Å². The van der Waals surface area contributed by atoms with Gasteiger partial charge in [0, 0.05) is 24.7 Å². The number of nitro benzene ring substituents is 1. The zero-order valence-electron chi connectivity index (χ0n) is 10.5. The van der Waals surface area contributed by atoms with Crippen LogP contribution < -0.4 is 5.32 Å². The lowest BCUT2D eigenvalue weighted by Crippen LogP contribution is -2.13. The minimum absolute atomic E-state index is 0.120. The summed E-state index contributed by atoms with van der Waals surface area (Å²) in [6, 6.07) is 12.0. The summed E-state index contributed by atoms with van der Waals surface area (Å²) < 4.78 is 0. The molecule has 2 aromatic carbocycles. The van der Waals surface area contributed by atoms with E-state index in [1.807, 2.05) is 6.07 Å². The molecule has 0 saturated carbocycles. The van der Waals surface area contributed by atoms with Crippen molar-refractivity contribution in [2.75, 3.05) is 0 Å². The van der Waals surface area contributed by atoms with Gasteiger partial charge in [0.15, 0.2) is 0 Å². The van der Waals surface area contributed by atoms with E-state index in [0.717, 1.165) is 5.56 Å². The molecule has 0 fully saturated rings. The first-order chi connectivity index (χ1) is 9.58. The first-order valence-electron chi connectivity index (χ1n) is 5.95. The lowest BCUT2D eigenvalue weighted by atomic mass is 10.1. The Kier molecular flexibility index (Phi) is 4.95. The SMILES string of the molecule is O=[N+]([O-])c1ccccc1CNCc1ccc(Cl)c(Cl)c1. The van der Waals surface area contributed by atoms with Gasteiger partial charge in [-0.1, -0.05) is 47.5 Å². The molecular weight excluding hydrogens is 299 g/mol. The van der Waals surface area contributed by atoms with Crippen LogP contribution in [0.3, 0.4) is 0 Å². The molecule has 0 radical (unpaired) electrons. The molecule has 6 heteroatoms. The van der Waals surface area contributed by atoms with E-state index in [0.29, 0.717) is 28.7 Å². The van der Waals surface area contributed by atoms with Gasteiger partial charge in [0.1, 0.15) is 0 Å². The largest absolute Gasteiger partial charge is 0.308 e. The van der Waals surface area contributed by atoms with Crippen LogP contribution in [0.4, 0.5) is 5.69 Å². The molecule has 1 N–H and O–H groups in total. The minimum Gasteiger partial charge on any atom is -0.308 e. The van der Waals surface area contributed by atoms with Crippen LogP contribution in [0.2, 0.25) is 10.0 Å². The van der Waals surface area contributed by atoms with E-state index in [1.165, 1.54) is 6.07 Å². The zero-order valence-corrected chi connectivity index (χ0v) is 12.0. The molecule has 2 rings (SSSR count). The van der Waals surface area contributed by atoms with Crippen molar-refractivity contribution in [3.05, 3.63) is 73.8 Å². The number of benzene rings is 2. The molecule has 0 aliphatic carbocycles. The van der Waals surface area contributed by atoms with Gasteiger partial charge < -0.3 is 5.32 Å². The van der Waals surface area contributed by atoms with Gasteiger partial charge in [-0.2, -0.15) is 0 Å². The third kappa shape index (κ3) is 3.70. The summed E-state index contributed by atoms with van der Waals surface area (Å²) in [5.74, 6) is 0. The highest BCUT2D eigenvalue weighted by atomic mass is 35.5.